The summed E-state index contributed by atoms with van der Waals surface area (Å²) in [5.41, 5.74) is 11.7. The number of hydrogen-bond acceptors (Lipinski definition) is 5. The summed E-state index contributed by atoms with van der Waals surface area (Å²) in [5.74, 6) is -0.822. The lowest BCUT2D eigenvalue weighted by atomic mass is 10.0. The molecule has 0 aliphatic heterocycles. The van der Waals surface area contributed by atoms with Crippen LogP contribution in [0.15, 0.2) is 30.3 Å². The van der Waals surface area contributed by atoms with Gasteiger partial charge in [-0.05, 0) is 13.0 Å². The molecule has 1 atom stereocenters. The molecular formula is C15H16N2O4. The van der Waals surface area contributed by atoms with Gasteiger partial charge in [0.1, 0.15) is 5.75 Å². The molecule has 0 aliphatic rings. The van der Waals surface area contributed by atoms with Crippen LogP contribution in [0.3, 0.4) is 0 Å². The molecule has 2 rings (SSSR count). The first-order chi connectivity index (χ1) is 9.95. The van der Waals surface area contributed by atoms with Crippen molar-refractivity contribution in [1.29, 1.82) is 0 Å². The highest BCUT2D eigenvalue weighted by atomic mass is 16.5. The summed E-state index contributed by atoms with van der Waals surface area (Å²) in [6.07, 6.45) is -0.831. The minimum atomic E-state index is -0.831. The third-order valence-corrected chi connectivity index (χ3v) is 3.16. The Balaban J connectivity index is 2.65. The minimum absolute atomic E-state index is 0.183. The summed E-state index contributed by atoms with van der Waals surface area (Å²) in [4.78, 5) is 23.0. The number of esters is 1. The van der Waals surface area contributed by atoms with E-state index in [0.29, 0.717) is 22.2 Å². The van der Waals surface area contributed by atoms with Crippen molar-refractivity contribution < 1.29 is 19.1 Å². The standard InChI is InChI=1S/C15H16N2O4/c1-8(14(17)18)21-12-7-11(15(19)20-2)13(16)10-6-4-3-5-9(10)12/h3-8H,16H2,1-2H3,(H2,17,18). The number of primary amides is 1. The van der Waals surface area contributed by atoms with Gasteiger partial charge < -0.3 is 20.9 Å². The van der Waals surface area contributed by atoms with E-state index in [9.17, 15) is 9.59 Å². The third-order valence-electron chi connectivity index (χ3n) is 3.16. The molecule has 6 heteroatoms. The number of rotatable bonds is 4. The van der Waals surface area contributed by atoms with Crippen molar-refractivity contribution in [3.8, 4) is 5.75 Å². The van der Waals surface area contributed by atoms with Crippen molar-refractivity contribution in [1.82, 2.24) is 0 Å². The maximum atomic E-state index is 11.8. The predicted molar refractivity (Wildman–Crippen MR) is 79.0 cm³/mol. The molecule has 0 heterocycles. The number of methoxy groups -OCH3 is 1. The molecule has 4 N–H and O–H groups in total. The van der Waals surface area contributed by atoms with Crippen LogP contribution in [0.2, 0.25) is 0 Å². The van der Waals surface area contributed by atoms with Crippen molar-refractivity contribution in [3.05, 3.63) is 35.9 Å². The van der Waals surface area contributed by atoms with Crippen molar-refractivity contribution in [2.75, 3.05) is 12.8 Å². The highest BCUT2D eigenvalue weighted by Gasteiger charge is 2.19. The average molecular weight is 288 g/mol. The van der Waals surface area contributed by atoms with Gasteiger partial charge in [0, 0.05) is 10.8 Å². The normalized spacial score (nSPS) is 11.9. The Bertz CT molecular complexity index is 712. The van der Waals surface area contributed by atoms with Crippen LogP contribution in [0, 0.1) is 0 Å². The fraction of sp³-hybridized carbons (Fsp3) is 0.200. The Labute approximate surface area is 121 Å². The van der Waals surface area contributed by atoms with Gasteiger partial charge in [-0.1, -0.05) is 24.3 Å². The molecule has 2 aromatic carbocycles. The van der Waals surface area contributed by atoms with E-state index in [2.05, 4.69) is 0 Å². The summed E-state index contributed by atoms with van der Waals surface area (Å²) < 4.78 is 10.2. The van der Waals surface area contributed by atoms with Crippen LogP contribution in [0.4, 0.5) is 5.69 Å². The zero-order valence-corrected chi connectivity index (χ0v) is 11.8. The van der Waals surface area contributed by atoms with Crippen molar-refractivity contribution >= 4 is 28.3 Å². The molecule has 1 unspecified atom stereocenters. The van der Waals surface area contributed by atoms with Gasteiger partial charge in [0.2, 0.25) is 0 Å². The van der Waals surface area contributed by atoms with Gasteiger partial charge >= 0.3 is 5.97 Å². The first-order valence-electron chi connectivity index (χ1n) is 6.31. The van der Waals surface area contributed by atoms with Crippen LogP contribution < -0.4 is 16.2 Å². The van der Waals surface area contributed by atoms with Crippen molar-refractivity contribution in [3.63, 3.8) is 0 Å². The lowest BCUT2D eigenvalue weighted by molar-refractivity contribution is -0.123. The van der Waals surface area contributed by atoms with E-state index >= 15 is 0 Å². The topological polar surface area (TPSA) is 105 Å². The lowest BCUT2D eigenvalue weighted by Gasteiger charge is -2.16. The number of amides is 1. The third kappa shape index (κ3) is 2.74. The van der Waals surface area contributed by atoms with E-state index in [0.717, 1.165) is 0 Å². The number of hydrogen-bond donors (Lipinski definition) is 2. The molecule has 21 heavy (non-hydrogen) atoms. The van der Waals surface area contributed by atoms with Gasteiger partial charge in [-0.3, -0.25) is 4.79 Å². The minimum Gasteiger partial charge on any atom is -0.480 e. The molecule has 0 saturated heterocycles. The number of fused-ring (bicyclic) bond motifs is 1. The van der Waals surface area contributed by atoms with E-state index in [1.54, 1.807) is 24.3 Å². The van der Waals surface area contributed by atoms with E-state index in [1.165, 1.54) is 20.1 Å². The fourth-order valence-electron chi connectivity index (χ4n) is 1.99. The summed E-state index contributed by atoms with van der Waals surface area (Å²) >= 11 is 0. The second-order valence-corrected chi connectivity index (χ2v) is 4.54. The molecule has 0 bridgehead atoms. The number of ether oxygens (including phenoxy) is 2. The van der Waals surface area contributed by atoms with Crippen molar-refractivity contribution in [2.24, 2.45) is 5.73 Å². The molecule has 0 aliphatic carbocycles. The number of nitrogen functional groups attached to an aromatic ring is 1. The van der Waals surface area contributed by atoms with Gasteiger partial charge in [-0.2, -0.15) is 0 Å². The van der Waals surface area contributed by atoms with Crippen LogP contribution in [-0.2, 0) is 9.53 Å². The number of carbonyl (C=O) groups excluding carboxylic acids is 2. The van der Waals surface area contributed by atoms with Crippen LogP contribution in [0.5, 0.6) is 5.75 Å². The Morgan fingerprint density at radius 3 is 2.38 bits per heavy atom. The van der Waals surface area contributed by atoms with Crippen LogP contribution in [-0.4, -0.2) is 25.1 Å². The fourth-order valence-corrected chi connectivity index (χ4v) is 1.99. The SMILES string of the molecule is COC(=O)c1cc(OC(C)C(N)=O)c2ccccc2c1N. The molecule has 0 aromatic heterocycles. The Kier molecular flexibility index (Phi) is 3.98. The van der Waals surface area contributed by atoms with Crippen LogP contribution in [0.25, 0.3) is 10.8 Å². The molecular weight excluding hydrogens is 272 g/mol. The van der Waals surface area contributed by atoms with Crippen LogP contribution >= 0.6 is 0 Å². The van der Waals surface area contributed by atoms with E-state index in [1.807, 2.05) is 0 Å². The zero-order valence-electron chi connectivity index (χ0n) is 11.8. The number of carbonyl (C=O) groups is 2. The Morgan fingerprint density at radius 2 is 1.81 bits per heavy atom. The van der Waals surface area contributed by atoms with Crippen LogP contribution in [0.1, 0.15) is 17.3 Å². The quantitative estimate of drug-likeness (QED) is 0.654. The highest BCUT2D eigenvalue weighted by Crippen LogP contribution is 2.34. The summed E-state index contributed by atoms with van der Waals surface area (Å²) in [6.45, 7) is 1.53. The van der Waals surface area contributed by atoms with E-state index in [-0.39, 0.29) is 5.56 Å². The Hall–Kier alpha value is -2.76. The second kappa shape index (κ2) is 5.70. The van der Waals surface area contributed by atoms with Gasteiger partial charge in [-0.15, -0.1) is 0 Å². The maximum Gasteiger partial charge on any atom is 0.340 e. The first kappa shape index (κ1) is 14.6. The summed E-state index contributed by atoms with van der Waals surface area (Å²) in [5, 5.41) is 1.34. The molecule has 0 fully saturated rings. The second-order valence-electron chi connectivity index (χ2n) is 4.54. The maximum absolute atomic E-state index is 11.8. The number of benzene rings is 2. The van der Waals surface area contributed by atoms with Gasteiger partial charge in [0.05, 0.1) is 18.4 Å². The Morgan fingerprint density at radius 1 is 1.19 bits per heavy atom. The highest BCUT2D eigenvalue weighted by molar-refractivity contribution is 6.08. The van der Waals surface area contributed by atoms with Gasteiger partial charge in [0.25, 0.3) is 5.91 Å². The molecule has 6 nitrogen and oxygen atoms in total. The lowest BCUT2D eigenvalue weighted by Crippen LogP contribution is -2.30. The zero-order chi connectivity index (χ0) is 15.6. The molecule has 110 valence electrons. The smallest absolute Gasteiger partial charge is 0.340 e. The predicted octanol–water partition coefficient (Wildman–Crippen LogP) is 1.46. The summed E-state index contributed by atoms with van der Waals surface area (Å²) in [7, 11) is 1.27. The molecule has 1 amide bonds. The average Bonchev–Trinajstić information content (AvgIpc) is 2.49. The van der Waals surface area contributed by atoms with E-state index in [4.69, 9.17) is 20.9 Å². The number of nitrogens with two attached hydrogens (primary N) is 2. The molecule has 2 aromatic rings. The van der Waals surface area contributed by atoms with E-state index < -0.39 is 18.0 Å². The van der Waals surface area contributed by atoms with Gasteiger partial charge in [0.15, 0.2) is 6.10 Å². The van der Waals surface area contributed by atoms with Gasteiger partial charge in [-0.25, -0.2) is 4.79 Å². The molecule has 0 saturated carbocycles. The monoisotopic (exact) mass is 288 g/mol. The largest absolute Gasteiger partial charge is 0.480 e. The van der Waals surface area contributed by atoms with Crippen molar-refractivity contribution in [2.45, 2.75) is 13.0 Å². The first-order valence-corrected chi connectivity index (χ1v) is 6.31. The number of anilines is 1. The molecule has 0 spiro atoms. The summed E-state index contributed by atoms with van der Waals surface area (Å²) in [6, 6.07) is 8.61. The molecule has 0 radical (unpaired) electrons.